The van der Waals surface area contributed by atoms with Crippen LogP contribution in [0.4, 0.5) is 5.69 Å². The molecule has 2 aromatic heterocycles. The lowest BCUT2D eigenvalue weighted by molar-refractivity contribution is 0.0953. The molecule has 0 aliphatic carbocycles. The molecule has 2 aromatic carbocycles. The van der Waals surface area contributed by atoms with E-state index in [-0.39, 0.29) is 17.6 Å². The first-order chi connectivity index (χ1) is 13.6. The van der Waals surface area contributed by atoms with Gasteiger partial charge in [-0.25, -0.2) is 0 Å². The normalized spacial score (nSPS) is 10.8. The number of rotatable bonds is 5. The minimum Gasteiger partial charge on any atom is -0.459 e. The third-order valence-electron chi connectivity index (χ3n) is 4.43. The summed E-state index contributed by atoms with van der Waals surface area (Å²) in [5.41, 5.74) is 2.54. The van der Waals surface area contributed by atoms with Gasteiger partial charge in [0.15, 0.2) is 5.76 Å². The van der Waals surface area contributed by atoms with Gasteiger partial charge in [-0.1, -0.05) is 30.3 Å². The van der Waals surface area contributed by atoms with Crippen LogP contribution in [0.5, 0.6) is 0 Å². The molecule has 4 aromatic rings. The summed E-state index contributed by atoms with van der Waals surface area (Å²) in [5.74, 6) is -0.158. The quantitative estimate of drug-likeness (QED) is 0.505. The largest absolute Gasteiger partial charge is 0.459 e. The van der Waals surface area contributed by atoms with Gasteiger partial charge >= 0.3 is 0 Å². The molecule has 2 N–H and O–H groups in total. The molecule has 28 heavy (non-hydrogen) atoms. The van der Waals surface area contributed by atoms with Crippen molar-refractivity contribution in [3.63, 3.8) is 0 Å². The van der Waals surface area contributed by atoms with E-state index < -0.39 is 0 Å². The zero-order valence-corrected chi connectivity index (χ0v) is 16.0. The Morgan fingerprint density at radius 1 is 1.00 bits per heavy atom. The average Bonchev–Trinajstić information content (AvgIpc) is 3.35. The van der Waals surface area contributed by atoms with Crippen LogP contribution in [-0.2, 0) is 6.54 Å². The van der Waals surface area contributed by atoms with Crippen LogP contribution >= 0.6 is 11.3 Å². The number of thiophene rings is 1. The average molecular weight is 390 g/mol. The zero-order valence-electron chi connectivity index (χ0n) is 15.2. The first-order valence-corrected chi connectivity index (χ1v) is 9.63. The van der Waals surface area contributed by atoms with Gasteiger partial charge in [-0.05, 0) is 53.8 Å². The number of carbonyl (C=O) groups is 2. The molecule has 0 aliphatic rings. The molecule has 0 radical (unpaired) electrons. The van der Waals surface area contributed by atoms with E-state index >= 15 is 0 Å². The molecule has 0 spiro atoms. The number of hydrogen-bond donors (Lipinski definition) is 2. The molecular formula is C22H18N2O3S. The molecule has 0 fully saturated rings. The summed E-state index contributed by atoms with van der Waals surface area (Å²) in [7, 11) is 0. The molecule has 2 heterocycles. The lowest BCUT2D eigenvalue weighted by Crippen LogP contribution is -2.22. The van der Waals surface area contributed by atoms with Crippen molar-refractivity contribution in [2.45, 2.75) is 13.5 Å². The van der Waals surface area contributed by atoms with Crippen molar-refractivity contribution < 1.29 is 14.0 Å². The van der Waals surface area contributed by atoms with Gasteiger partial charge in [0.05, 0.1) is 11.1 Å². The van der Waals surface area contributed by atoms with E-state index in [0.29, 0.717) is 12.2 Å². The number of amides is 2. The van der Waals surface area contributed by atoms with Crippen LogP contribution in [0.2, 0.25) is 0 Å². The second-order valence-electron chi connectivity index (χ2n) is 6.37. The van der Waals surface area contributed by atoms with E-state index in [1.54, 1.807) is 18.2 Å². The number of nitrogens with one attached hydrogen (secondary N) is 2. The lowest BCUT2D eigenvalue weighted by atomic mass is 10.1. The highest BCUT2D eigenvalue weighted by Gasteiger charge is 2.15. The number of carbonyl (C=O) groups excluding carboxylic acids is 2. The van der Waals surface area contributed by atoms with Crippen LogP contribution in [0.25, 0.3) is 10.1 Å². The van der Waals surface area contributed by atoms with Gasteiger partial charge in [-0.2, -0.15) is 0 Å². The van der Waals surface area contributed by atoms with Gasteiger partial charge in [0.1, 0.15) is 0 Å². The molecule has 2 amide bonds. The van der Waals surface area contributed by atoms with Crippen molar-refractivity contribution in [3.05, 3.63) is 88.7 Å². The number of benzene rings is 2. The standard InChI is InChI=1S/C22H18N2O3S/c1-14-17-8-2-3-10-19(17)28-20(14)22(26)23-13-15-6-4-7-16(12-15)24-21(25)18-9-5-11-27-18/h2-12H,13H2,1H3,(H,23,26)(H,24,25). The number of aryl methyl sites for hydroxylation is 1. The first kappa shape index (κ1) is 18.0. The molecule has 0 atom stereocenters. The Balaban J connectivity index is 1.43. The van der Waals surface area contributed by atoms with E-state index in [1.807, 2.05) is 49.4 Å². The summed E-state index contributed by atoms with van der Waals surface area (Å²) in [6.45, 7) is 2.34. The third-order valence-corrected chi connectivity index (χ3v) is 5.70. The van der Waals surface area contributed by atoms with Gasteiger partial charge in [0.2, 0.25) is 0 Å². The Bertz CT molecular complexity index is 1150. The Kier molecular flexibility index (Phi) is 4.95. The Labute approximate surface area is 166 Å². The van der Waals surface area contributed by atoms with E-state index in [2.05, 4.69) is 10.6 Å². The molecule has 140 valence electrons. The number of furan rings is 1. The maximum absolute atomic E-state index is 12.6. The van der Waals surface area contributed by atoms with Crippen LogP contribution in [0.1, 0.15) is 31.4 Å². The van der Waals surface area contributed by atoms with Gasteiger partial charge in [-0.3, -0.25) is 9.59 Å². The molecule has 0 saturated carbocycles. The summed E-state index contributed by atoms with van der Waals surface area (Å²) in [5, 5.41) is 6.86. The molecule has 4 rings (SSSR count). The summed E-state index contributed by atoms with van der Waals surface area (Å²) >= 11 is 1.50. The summed E-state index contributed by atoms with van der Waals surface area (Å²) < 4.78 is 6.20. The summed E-state index contributed by atoms with van der Waals surface area (Å²) in [6, 6.07) is 18.6. The van der Waals surface area contributed by atoms with Crippen LogP contribution in [0.3, 0.4) is 0 Å². The highest BCUT2D eigenvalue weighted by molar-refractivity contribution is 7.21. The molecule has 0 aliphatic heterocycles. The fraction of sp³-hybridized carbons (Fsp3) is 0.0909. The van der Waals surface area contributed by atoms with Crippen LogP contribution in [0, 0.1) is 6.92 Å². The van der Waals surface area contributed by atoms with Crippen molar-refractivity contribution in [3.8, 4) is 0 Å². The number of anilines is 1. The Hall–Kier alpha value is -3.38. The maximum Gasteiger partial charge on any atom is 0.291 e. The van der Waals surface area contributed by atoms with Crippen LogP contribution < -0.4 is 10.6 Å². The predicted molar refractivity (Wildman–Crippen MR) is 111 cm³/mol. The van der Waals surface area contributed by atoms with Gasteiger partial charge in [-0.15, -0.1) is 11.3 Å². The van der Waals surface area contributed by atoms with Crippen molar-refractivity contribution in [2.24, 2.45) is 0 Å². The van der Waals surface area contributed by atoms with E-state index in [1.165, 1.54) is 17.6 Å². The second kappa shape index (κ2) is 7.70. The van der Waals surface area contributed by atoms with Crippen molar-refractivity contribution >= 4 is 38.9 Å². The fourth-order valence-electron chi connectivity index (χ4n) is 3.01. The van der Waals surface area contributed by atoms with Crippen molar-refractivity contribution in [1.82, 2.24) is 5.32 Å². The summed E-state index contributed by atoms with van der Waals surface area (Å²) in [4.78, 5) is 25.5. The number of hydrogen-bond acceptors (Lipinski definition) is 4. The molecule has 0 saturated heterocycles. The van der Waals surface area contributed by atoms with Crippen LogP contribution in [0.15, 0.2) is 71.3 Å². The van der Waals surface area contributed by atoms with Crippen LogP contribution in [-0.4, -0.2) is 11.8 Å². The lowest BCUT2D eigenvalue weighted by Gasteiger charge is -2.08. The minimum atomic E-state index is -0.313. The van der Waals surface area contributed by atoms with Crippen molar-refractivity contribution in [2.75, 3.05) is 5.32 Å². The predicted octanol–water partition coefficient (Wildman–Crippen LogP) is 4.99. The Morgan fingerprint density at radius 2 is 1.86 bits per heavy atom. The molecular weight excluding hydrogens is 372 g/mol. The van der Waals surface area contributed by atoms with E-state index in [9.17, 15) is 9.59 Å². The smallest absolute Gasteiger partial charge is 0.291 e. The van der Waals surface area contributed by atoms with Gasteiger partial charge < -0.3 is 15.1 Å². The van der Waals surface area contributed by atoms with Gasteiger partial charge in [0.25, 0.3) is 11.8 Å². The fourth-order valence-corrected chi connectivity index (χ4v) is 4.14. The SMILES string of the molecule is Cc1c(C(=O)NCc2cccc(NC(=O)c3ccco3)c2)sc2ccccc12. The highest BCUT2D eigenvalue weighted by Crippen LogP contribution is 2.30. The number of fused-ring (bicyclic) bond motifs is 1. The van der Waals surface area contributed by atoms with E-state index in [0.717, 1.165) is 26.1 Å². The van der Waals surface area contributed by atoms with Gasteiger partial charge in [0, 0.05) is 16.9 Å². The monoisotopic (exact) mass is 390 g/mol. The molecule has 6 heteroatoms. The second-order valence-corrected chi connectivity index (χ2v) is 7.42. The summed E-state index contributed by atoms with van der Waals surface area (Å²) in [6.07, 6.45) is 1.46. The molecule has 5 nitrogen and oxygen atoms in total. The minimum absolute atomic E-state index is 0.0938. The molecule has 0 bridgehead atoms. The third kappa shape index (κ3) is 3.68. The zero-order chi connectivity index (χ0) is 19.5. The van der Waals surface area contributed by atoms with E-state index in [4.69, 9.17) is 4.42 Å². The van der Waals surface area contributed by atoms with Crippen molar-refractivity contribution in [1.29, 1.82) is 0 Å². The topological polar surface area (TPSA) is 71.3 Å². The molecule has 0 unspecified atom stereocenters. The first-order valence-electron chi connectivity index (χ1n) is 8.82. The maximum atomic E-state index is 12.6. The highest BCUT2D eigenvalue weighted by atomic mass is 32.1. The Morgan fingerprint density at radius 3 is 2.64 bits per heavy atom.